The van der Waals surface area contributed by atoms with E-state index in [0.29, 0.717) is 44.1 Å². The van der Waals surface area contributed by atoms with Gasteiger partial charge in [0.2, 0.25) is 0 Å². The van der Waals surface area contributed by atoms with E-state index < -0.39 is 12.2 Å². The normalized spacial score (nSPS) is 21.5. The fourth-order valence-electron chi connectivity index (χ4n) is 5.77. The highest BCUT2D eigenvalue weighted by Gasteiger charge is 2.26. The lowest BCUT2D eigenvalue weighted by Crippen LogP contribution is -2.46. The van der Waals surface area contributed by atoms with Crippen molar-refractivity contribution >= 4 is 60.9 Å². The van der Waals surface area contributed by atoms with E-state index in [4.69, 9.17) is 11.6 Å². The molecule has 244 valence electrons. The summed E-state index contributed by atoms with van der Waals surface area (Å²) in [5, 5.41) is 27.4. The van der Waals surface area contributed by atoms with E-state index in [9.17, 15) is 29.4 Å². The van der Waals surface area contributed by atoms with Gasteiger partial charge in [0, 0.05) is 29.4 Å². The maximum Gasteiger partial charge on any atom is 0.261 e. The first kappa shape index (κ1) is 34.0. The molecule has 4 N–H and O–H groups in total. The average Bonchev–Trinajstić information content (AvgIpc) is 3.04. The van der Waals surface area contributed by atoms with Crippen molar-refractivity contribution in [3.63, 3.8) is 0 Å². The molecular weight excluding hydrogens is 680 g/mol. The summed E-state index contributed by atoms with van der Waals surface area (Å²) >= 11 is 9.33. The summed E-state index contributed by atoms with van der Waals surface area (Å²) < 4.78 is 3.28. The second-order valence-corrected chi connectivity index (χ2v) is 12.9. The van der Waals surface area contributed by atoms with Gasteiger partial charge in [-0.25, -0.2) is 9.97 Å². The van der Waals surface area contributed by atoms with Crippen molar-refractivity contribution in [2.45, 2.75) is 75.9 Å². The highest BCUT2D eigenvalue weighted by atomic mass is 79.9. The van der Waals surface area contributed by atoms with E-state index in [0.717, 1.165) is 25.9 Å². The van der Waals surface area contributed by atoms with Crippen LogP contribution in [0.15, 0.2) is 63.1 Å². The van der Waals surface area contributed by atoms with E-state index in [-0.39, 0.29) is 60.7 Å². The number of benzene rings is 2. The molecular formula is C32H36BrClN6O6. The number of piperidine rings is 2. The number of aliphatic hydroxyl groups is 2. The zero-order valence-electron chi connectivity index (χ0n) is 25.1. The number of hydrogen-bond acceptors (Lipinski definition) is 10. The van der Waals surface area contributed by atoms with Crippen molar-refractivity contribution in [2.75, 3.05) is 13.1 Å². The van der Waals surface area contributed by atoms with Crippen LogP contribution in [0, 0.1) is 0 Å². The molecule has 2 saturated heterocycles. The van der Waals surface area contributed by atoms with Gasteiger partial charge < -0.3 is 20.8 Å². The minimum Gasteiger partial charge on any atom is -0.391 e. The van der Waals surface area contributed by atoms with E-state index >= 15 is 0 Å². The molecule has 0 bridgehead atoms. The maximum atomic E-state index is 12.5. The standard InChI is InChI=1S/C16H17BrClN3O3.C16H19N3O3/c17-11-6-13-10(5-12(11)18)16(24)21(8-20-13)7-9(22)4-14-15(23)2-1-3-19-14;20-11(8-14-15(21)6-3-7-17-14)9-19-10-18-13-5-2-1-4-12(13)16(19)22/h5-6,8,14-15,19,23H,1-4,7H2;1-2,4-5,10,14-15,17,21H,3,6-9H2/t2*14-,15+/m00/s1. The molecule has 2 aliphatic heterocycles. The number of ketones is 2. The Morgan fingerprint density at radius 3 is 1.91 bits per heavy atom. The lowest BCUT2D eigenvalue weighted by Gasteiger charge is -2.28. The van der Waals surface area contributed by atoms with E-state index in [1.54, 1.807) is 30.3 Å². The molecule has 0 aliphatic carbocycles. The fraction of sp³-hybridized carbons (Fsp3) is 0.438. The predicted molar refractivity (Wildman–Crippen MR) is 178 cm³/mol. The Bertz CT molecular complexity index is 1850. The molecule has 0 amide bonds. The number of aliphatic hydroxyl groups excluding tert-OH is 2. The van der Waals surface area contributed by atoms with Crippen molar-refractivity contribution in [3.8, 4) is 0 Å². The summed E-state index contributed by atoms with van der Waals surface area (Å²) in [5.41, 5.74) is 0.626. The molecule has 0 unspecified atom stereocenters. The van der Waals surface area contributed by atoms with E-state index in [1.165, 1.54) is 21.8 Å². The van der Waals surface area contributed by atoms with Gasteiger partial charge in [-0.15, -0.1) is 0 Å². The summed E-state index contributed by atoms with van der Waals surface area (Å²) in [6.45, 7) is 1.52. The van der Waals surface area contributed by atoms with Crippen molar-refractivity contribution in [2.24, 2.45) is 0 Å². The third kappa shape index (κ3) is 8.33. The largest absolute Gasteiger partial charge is 0.391 e. The minimum atomic E-state index is -0.523. The summed E-state index contributed by atoms with van der Waals surface area (Å²) in [6, 6.07) is 9.83. The third-order valence-electron chi connectivity index (χ3n) is 8.28. The van der Waals surface area contributed by atoms with Gasteiger partial charge in [0.1, 0.15) is 0 Å². The number of para-hydroxylation sites is 1. The molecule has 14 heteroatoms. The zero-order chi connectivity index (χ0) is 32.8. The van der Waals surface area contributed by atoms with Gasteiger partial charge >= 0.3 is 0 Å². The Hall–Kier alpha value is -3.33. The number of carbonyl (C=O) groups is 2. The smallest absolute Gasteiger partial charge is 0.261 e. The lowest BCUT2D eigenvalue weighted by molar-refractivity contribution is -0.121. The van der Waals surface area contributed by atoms with Crippen molar-refractivity contribution in [1.29, 1.82) is 0 Å². The van der Waals surface area contributed by atoms with Crippen LogP contribution in [0.25, 0.3) is 21.8 Å². The first-order valence-electron chi connectivity index (χ1n) is 15.3. The van der Waals surface area contributed by atoms with Gasteiger partial charge in [-0.3, -0.25) is 28.3 Å². The Labute approximate surface area is 277 Å². The number of aromatic nitrogens is 4. The van der Waals surface area contributed by atoms with Gasteiger partial charge in [-0.05, 0) is 79.0 Å². The first-order chi connectivity index (χ1) is 22.1. The quantitative estimate of drug-likeness (QED) is 0.213. The minimum absolute atomic E-state index is 0.0123. The van der Waals surface area contributed by atoms with Crippen LogP contribution in [0.3, 0.4) is 0 Å². The number of halogens is 2. The number of Topliss-reactive ketones (excluding diaryl/α,β-unsaturated/α-hetero) is 2. The van der Waals surface area contributed by atoms with E-state index in [2.05, 4.69) is 36.5 Å². The van der Waals surface area contributed by atoms with Crippen molar-refractivity contribution in [1.82, 2.24) is 29.7 Å². The van der Waals surface area contributed by atoms with Gasteiger partial charge in [0.05, 0.1) is 64.8 Å². The molecule has 2 fully saturated rings. The molecule has 2 aromatic carbocycles. The molecule has 6 rings (SSSR count). The van der Waals surface area contributed by atoms with Crippen LogP contribution in [0.4, 0.5) is 0 Å². The summed E-state index contributed by atoms with van der Waals surface area (Å²) in [6.07, 6.45) is 5.39. The summed E-state index contributed by atoms with van der Waals surface area (Å²) in [5.74, 6) is -0.211. The van der Waals surface area contributed by atoms with Crippen LogP contribution in [0.2, 0.25) is 5.02 Å². The second kappa shape index (κ2) is 15.5. The molecule has 12 nitrogen and oxygen atoms in total. The highest BCUT2D eigenvalue weighted by molar-refractivity contribution is 9.10. The molecule has 2 aromatic heterocycles. The van der Waals surface area contributed by atoms with Crippen LogP contribution in [-0.4, -0.2) is 78.3 Å². The fourth-order valence-corrected chi connectivity index (χ4v) is 6.27. The number of rotatable bonds is 8. The van der Waals surface area contributed by atoms with Crippen molar-refractivity contribution < 1.29 is 19.8 Å². The predicted octanol–water partition coefficient (Wildman–Crippen LogP) is 2.35. The van der Waals surface area contributed by atoms with Gasteiger partial charge in [-0.1, -0.05) is 23.7 Å². The summed E-state index contributed by atoms with van der Waals surface area (Å²) in [7, 11) is 0. The Kier molecular flexibility index (Phi) is 11.5. The lowest BCUT2D eigenvalue weighted by atomic mass is 9.97. The Balaban J connectivity index is 0.000000182. The number of nitrogens with one attached hydrogen (secondary N) is 2. The van der Waals surface area contributed by atoms with Gasteiger partial charge in [-0.2, -0.15) is 0 Å². The van der Waals surface area contributed by atoms with Crippen LogP contribution >= 0.6 is 27.5 Å². The topological polar surface area (TPSA) is 168 Å². The summed E-state index contributed by atoms with van der Waals surface area (Å²) in [4.78, 5) is 57.7. The van der Waals surface area contributed by atoms with Crippen LogP contribution in [0.1, 0.15) is 38.5 Å². The van der Waals surface area contributed by atoms with Gasteiger partial charge in [0.25, 0.3) is 11.1 Å². The number of hydrogen-bond donors (Lipinski definition) is 4. The molecule has 2 aliphatic rings. The number of fused-ring (bicyclic) bond motifs is 2. The van der Waals surface area contributed by atoms with Gasteiger partial charge in [0.15, 0.2) is 11.6 Å². The van der Waals surface area contributed by atoms with Crippen LogP contribution in [0.5, 0.6) is 0 Å². The highest BCUT2D eigenvalue weighted by Crippen LogP contribution is 2.25. The first-order valence-corrected chi connectivity index (χ1v) is 16.4. The number of carbonyl (C=O) groups excluding carboxylic acids is 2. The van der Waals surface area contributed by atoms with Crippen LogP contribution in [-0.2, 0) is 22.7 Å². The molecule has 0 radical (unpaired) electrons. The Morgan fingerprint density at radius 2 is 1.35 bits per heavy atom. The Morgan fingerprint density at radius 1 is 0.826 bits per heavy atom. The molecule has 46 heavy (non-hydrogen) atoms. The average molecular weight is 716 g/mol. The monoisotopic (exact) mass is 714 g/mol. The van der Waals surface area contributed by atoms with Crippen molar-refractivity contribution in [3.05, 3.63) is 79.3 Å². The maximum absolute atomic E-state index is 12.5. The molecule has 0 spiro atoms. The third-order valence-corrected chi connectivity index (χ3v) is 9.48. The van der Waals surface area contributed by atoms with E-state index in [1.807, 2.05) is 6.07 Å². The zero-order valence-corrected chi connectivity index (χ0v) is 27.4. The molecule has 4 heterocycles. The molecule has 4 aromatic rings. The SMILES string of the molecule is O=C(C[C@@H]1NCCC[C@H]1O)Cn1cnc2cc(Br)c(Cl)cc2c1=O.O=C(C[C@@H]1NCCC[C@H]1O)Cn1cnc2ccccc2c1=O. The molecule has 4 atom stereocenters. The number of nitrogens with zero attached hydrogens (tertiary/aromatic N) is 4. The van der Waals surface area contributed by atoms with Crippen LogP contribution < -0.4 is 21.8 Å². The second-order valence-electron chi connectivity index (χ2n) is 11.7. The molecule has 0 saturated carbocycles.